The fourth-order valence-electron chi connectivity index (χ4n) is 4.75. The molecule has 0 saturated carbocycles. The predicted octanol–water partition coefficient (Wildman–Crippen LogP) is 3.27. The molecule has 0 spiro atoms. The Balaban J connectivity index is 1.76. The molecule has 0 N–H and O–H groups in total. The molecule has 1 heterocycles. The number of esters is 1. The molecule has 4 heteroatoms. The van der Waals surface area contributed by atoms with Crippen molar-refractivity contribution < 1.29 is 14.3 Å². The number of likely N-dealkylation sites (tertiary alicyclic amines) is 1. The van der Waals surface area contributed by atoms with Gasteiger partial charge in [-0.3, -0.25) is 14.5 Å². The van der Waals surface area contributed by atoms with Gasteiger partial charge < -0.3 is 4.74 Å². The van der Waals surface area contributed by atoms with E-state index in [2.05, 4.69) is 36.1 Å². The van der Waals surface area contributed by atoms with Crippen molar-refractivity contribution >= 4 is 11.8 Å². The van der Waals surface area contributed by atoms with Crippen LogP contribution in [0.1, 0.15) is 35.1 Å². The normalized spacial score (nSPS) is 24.4. The molecule has 1 aliphatic heterocycles. The summed E-state index contributed by atoms with van der Waals surface area (Å²) < 4.78 is 5.39. The zero-order valence-electron chi connectivity index (χ0n) is 15.9. The van der Waals surface area contributed by atoms with E-state index < -0.39 is 5.41 Å². The van der Waals surface area contributed by atoms with Crippen LogP contribution in [0.3, 0.4) is 0 Å². The molecule has 2 aromatic rings. The summed E-state index contributed by atoms with van der Waals surface area (Å²) in [4.78, 5) is 28.6. The second-order valence-electron chi connectivity index (χ2n) is 7.70. The molecule has 0 unspecified atom stereocenters. The lowest BCUT2D eigenvalue weighted by Gasteiger charge is -2.47. The number of ether oxygens (including phenoxy) is 1. The van der Waals surface area contributed by atoms with E-state index in [9.17, 15) is 9.59 Å². The first-order valence-electron chi connectivity index (χ1n) is 9.61. The minimum atomic E-state index is -1.09. The van der Waals surface area contributed by atoms with Gasteiger partial charge in [0.25, 0.3) is 0 Å². The number of fused-ring (bicyclic) bond motifs is 4. The SMILES string of the molecule is CCOC(=O)[C@@]12Cc3cccc(C)c3[C@@H](CN(Cc3ccccc3)C1)C2=O. The Hall–Kier alpha value is -2.46. The summed E-state index contributed by atoms with van der Waals surface area (Å²) in [5.41, 5.74) is 3.46. The van der Waals surface area contributed by atoms with Crippen molar-refractivity contribution in [1.29, 1.82) is 0 Å². The number of carbonyl (C=O) groups excluding carboxylic acids is 2. The van der Waals surface area contributed by atoms with Gasteiger partial charge in [0.15, 0.2) is 5.78 Å². The maximum absolute atomic E-state index is 13.4. The number of hydrogen-bond acceptors (Lipinski definition) is 4. The third-order valence-corrected chi connectivity index (χ3v) is 5.89. The van der Waals surface area contributed by atoms with Gasteiger partial charge in [-0.25, -0.2) is 0 Å². The second kappa shape index (κ2) is 6.93. The quantitative estimate of drug-likeness (QED) is 0.618. The van der Waals surface area contributed by atoms with Crippen molar-refractivity contribution in [2.75, 3.05) is 19.7 Å². The number of Topliss-reactive ketones (excluding diaryl/α,β-unsaturated/α-hetero) is 1. The van der Waals surface area contributed by atoms with Crippen molar-refractivity contribution in [3.8, 4) is 0 Å². The molecule has 0 radical (unpaired) electrons. The van der Waals surface area contributed by atoms with Crippen LogP contribution < -0.4 is 0 Å². The van der Waals surface area contributed by atoms with Crippen LogP contribution in [0.25, 0.3) is 0 Å². The van der Waals surface area contributed by atoms with Crippen LogP contribution in [0.2, 0.25) is 0 Å². The third kappa shape index (κ3) is 2.98. The number of rotatable bonds is 4. The van der Waals surface area contributed by atoms with Crippen LogP contribution in [0.15, 0.2) is 48.5 Å². The van der Waals surface area contributed by atoms with Gasteiger partial charge >= 0.3 is 5.97 Å². The van der Waals surface area contributed by atoms with E-state index in [-0.39, 0.29) is 24.3 Å². The van der Waals surface area contributed by atoms with Crippen molar-refractivity contribution in [2.45, 2.75) is 32.7 Å². The number of benzene rings is 2. The largest absolute Gasteiger partial charge is 0.465 e. The summed E-state index contributed by atoms with van der Waals surface area (Å²) in [5, 5.41) is 0. The fraction of sp³-hybridized carbons (Fsp3) is 0.391. The molecular weight excluding hydrogens is 338 g/mol. The van der Waals surface area contributed by atoms with Gasteiger partial charge in [0.05, 0.1) is 12.5 Å². The van der Waals surface area contributed by atoms with Crippen molar-refractivity contribution in [3.05, 3.63) is 70.8 Å². The van der Waals surface area contributed by atoms with Gasteiger partial charge in [0.1, 0.15) is 5.41 Å². The number of nitrogens with zero attached hydrogens (tertiary/aromatic N) is 1. The van der Waals surface area contributed by atoms with Crippen LogP contribution in [-0.2, 0) is 27.3 Å². The highest BCUT2D eigenvalue weighted by molar-refractivity contribution is 6.09. The molecule has 2 atom stereocenters. The molecule has 2 aliphatic rings. The highest BCUT2D eigenvalue weighted by Crippen LogP contribution is 2.46. The molecule has 1 aliphatic carbocycles. The van der Waals surface area contributed by atoms with Gasteiger partial charge in [-0.05, 0) is 42.5 Å². The second-order valence-corrected chi connectivity index (χ2v) is 7.70. The molecule has 1 fully saturated rings. The lowest BCUT2D eigenvalue weighted by atomic mass is 9.62. The number of piperidine rings is 1. The highest BCUT2D eigenvalue weighted by Gasteiger charge is 2.57. The average Bonchev–Trinajstić information content (AvgIpc) is 2.64. The maximum atomic E-state index is 13.4. The summed E-state index contributed by atoms with van der Waals surface area (Å²) in [5.74, 6) is -0.603. The van der Waals surface area contributed by atoms with Gasteiger partial charge in [0, 0.05) is 19.6 Å². The molecule has 2 aromatic carbocycles. The molecule has 2 bridgehead atoms. The fourth-order valence-corrected chi connectivity index (χ4v) is 4.75. The zero-order valence-corrected chi connectivity index (χ0v) is 15.9. The Morgan fingerprint density at radius 1 is 1.19 bits per heavy atom. The molecule has 0 aromatic heterocycles. The standard InChI is InChI=1S/C23H25NO3/c1-3-27-22(26)23-12-18-11-7-8-16(2)20(18)19(21(23)25)14-24(15-23)13-17-9-5-4-6-10-17/h4-11,19H,3,12-15H2,1-2H3/t19-,23+/m1/s1. The smallest absolute Gasteiger partial charge is 0.321 e. The molecule has 4 nitrogen and oxygen atoms in total. The first kappa shape index (κ1) is 17.9. The van der Waals surface area contributed by atoms with E-state index in [1.54, 1.807) is 6.92 Å². The van der Waals surface area contributed by atoms with E-state index in [4.69, 9.17) is 4.74 Å². The summed E-state index contributed by atoms with van der Waals surface area (Å²) in [6.07, 6.45) is 0.434. The summed E-state index contributed by atoms with van der Waals surface area (Å²) in [7, 11) is 0. The number of carbonyl (C=O) groups is 2. The van der Waals surface area contributed by atoms with Gasteiger partial charge in [-0.2, -0.15) is 0 Å². The summed E-state index contributed by atoms with van der Waals surface area (Å²) >= 11 is 0. The minimum Gasteiger partial charge on any atom is -0.465 e. The van der Waals surface area contributed by atoms with Gasteiger partial charge in [-0.15, -0.1) is 0 Å². The minimum absolute atomic E-state index is 0.0343. The zero-order chi connectivity index (χ0) is 19.0. The molecule has 27 heavy (non-hydrogen) atoms. The molecule has 4 rings (SSSR count). The maximum Gasteiger partial charge on any atom is 0.321 e. The monoisotopic (exact) mass is 363 g/mol. The molecular formula is C23H25NO3. The lowest BCUT2D eigenvalue weighted by molar-refractivity contribution is -0.166. The number of ketones is 1. The van der Waals surface area contributed by atoms with Gasteiger partial charge in [-0.1, -0.05) is 48.5 Å². The Morgan fingerprint density at radius 2 is 1.96 bits per heavy atom. The Bertz CT molecular complexity index is 876. The molecule has 140 valence electrons. The van der Waals surface area contributed by atoms with E-state index >= 15 is 0 Å². The average molecular weight is 363 g/mol. The lowest BCUT2D eigenvalue weighted by Crippen LogP contribution is -2.60. The number of aryl methyl sites for hydroxylation is 1. The predicted molar refractivity (Wildman–Crippen MR) is 103 cm³/mol. The number of hydrogen-bond donors (Lipinski definition) is 0. The van der Waals surface area contributed by atoms with E-state index in [1.165, 1.54) is 5.56 Å². The van der Waals surface area contributed by atoms with E-state index in [0.717, 1.165) is 23.2 Å². The van der Waals surface area contributed by atoms with E-state index in [0.29, 0.717) is 19.5 Å². The van der Waals surface area contributed by atoms with Crippen molar-refractivity contribution in [1.82, 2.24) is 4.90 Å². The molecule has 0 amide bonds. The topological polar surface area (TPSA) is 46.6 Å². The van der Waals surface area contributed by atoms with E-state index in [1.807, 2.05) is 24.3 Å². The van der Waals surface area contributed by atoms with Gasteiger partial charge in [0.2, 0.25) is 0 Å². The van der Waals surface area contributed by atoms with Crippen LogP contribution in [-0.4, -0.2) is 36.3 Å². The highest BCUT2D eigenvalue weighted by atomic mass is 16.5. The summed E-state index contributed by atoms with van der Waals surface area (Å²) in [6.45, 7) is 5.93. The summed E-state index contributed by atoms with van der Waals surface area (Å²) in [6, 6.07) is 16.3. The Kier molecular flexibility index (Phi) is 4.60. The van der Waals surface area contributed by atoms with Crippen molar-refractivity contribution in [2.24, 2.45) is 5.41 Å². The van der Waals surface area contributed by atoms with Crippen LogP contribution in [0.4, 0.5) is 0 Å². The Morgan fingerprint density at radius 3 is 2.70 bits per heavy atom. The first-order chi connectivity index (χ1) is 13.0. The Labute approximate surface area is 160 Å². The van der Waals surface area contributed by atoms with Crippen LogP contribution in [0.5, 0.6) is 0 Å². The van der Waals surface area contributed by atoms with Crippen LogP contribution in [0, 0.1) is 12.3 Å². The van der Waals surface area contributed by atoms with Crippen LogP contribution >= 0.6 is 0 Å². The van der Waals surface area contributed by atoms with Crippen molar-refractivity contribution in [3.63, 3.8) is 0 Å². The molecule has 1 saturated heterocycles. The third-order valence-electron chi connectivity index (χ3n) is 5.89. The first-order valence-corrected chi connectivity index (χ1v) is 9.61.